The van der Waals surface area contributed by atoms with Crippen molar-refractivity contribution in [3.8, 4) is 5.75 Å². The minimum absolute atomic E-state index is 0.0359. The van der Waals surface area contributed by atoms with Crippen molar-refractivity contribution in [2.24, 2.45) is 0 Å². The van der Waals surface area contributed by atoms with Crippen molar-refractivity contribution in [1.29, 1.82) is 0 Å². The highest BCUT2D eigenvalue weighted by molar-refractivity contribution is 7.92. The molecule has 0 radical (unpaired) electrons. The Bertz CT molecular complexity index is 1280. The fourth-order valence-electron chi connectivity index (χ4n) is 3.57. The summed E-state index contributed by atoms with van der Waals surface area (Å²) in [6.07, 6.45) is 0. The summed E-state index contributed by atoms with van der Waals surface area (Å²) in [7, 11) is -1.07. The molecule has 0 aliphatic rings. The summed E-state index contributed by atoms with van der Waals surface area (Å²) in [6.45, 7) is 1.17. The highest BCUT2D eigenvalue weighted by Gasteiger charge is 2.32. The summed E-state index contributed by atoms with van der Waals surface area (Å²) in [4.78, 5) is 27.5. The van der Waals surface area contributed by atoms with E-state index in [1.807, 2.05) is 0 Å². The van der Waals surface area contributed by atoms with Gasteiger partial charge in [0, 0.05) is 18.6 Å². The molecule has 190 valence electrons. The number of sulfonamides is 1. The van der Waals surface area contributed by atoms with Gasteiger partial charge in [-0.05, 0) is 61.0 Å². The van der Waals surface area contributed by atoms with Gasteiger partial charge in [-0.3, -0.25) is 13.9 Å². The molecule has 0 saturated carbocycles. The van der Waals surface area contributed by atoms with Crippen LogP contribution in [0.3, 0.4) is 0 Å². The predicted molar refractivity (Wildman–Crippen MR) is 139 cm³/mol. The maximum atomic E-state index is 13.7. The molecule has 8 nitrogen and oxygen atoms in total. The van der Waals surface area contributed by atoms with Crippen LogP contribution in [-0.4, -0.2) is 51.9 Å². The van der Waals surface area contributed by atoms with Gasteiger partial charge in [-0.25, -0.2) is 8.42 Å². The Hall–Kier alpha value is -3.56. The third-order valence-corrected chi connectivity index (χ3v) is 7.69. The van der Waals surface area contributed by atoms with E-state index in [0.717, 1.165) is 9.87 Å². The summed E-state index contributed by atoms with van der Waals surface area (Å²) in [6, 6.07) is 20.2. The van der Waals surface area contributed by atoms with Gasteiger partial charge in [0.1, 0.15) is 18.3 Å². The third kappa shape index (κ3) is 6.35. The van der Waals surface area contributed by atoms with E-state index in [-0.39, 0.29) is 23.0 Å². The van der Waals surface area contributed by atoms with E-state index in [9.17, 15) is 18.0 Å². The number of rotatable bonds is 10. The average Bonchev–Trinajstić information content (AvgIpc) is 2.90. The van der Waals surface area contributed by atoms with Crippen LogP contribution in [0.5, 0.6) is 5.75 Å². The van der Waals surface area contributed by atoms with Crippen molar-refractivity contribution in [3.05, 3.63) is 89.4 Å². The van der Waals surface area contributed by atoms with E-state index in [1.54, 1.807) is 68.6 Å². The molecule has 0 spiro atoms. The average molecular weight is 530 g/mol. The number of hydrogen-bond donors (Lipinski definition) is 1. The molecule has 1 unspecified atom stereocenters. The molecule has 0 bridgehead atoms. The van der Waals surface area contributed by atoms with Crippen LogP contribution in [0.25, 0.3) is 0 Å². The van der Waals surface area contributed by atoms with Crippen LogP contribution in [0.1, 0.15) is 12.5 Å². The zero-order chi connectivity index (χ0) is 26.3. The second-order valence-corrected chi connectivity index (χ2v) is 10.3. The Morgan fingerprint density at radius 1 is 0.972 bits per heavy atom. The highest BCUT2D eigenvalue weighted by atomic mass is 35.5. The van der Waals surface area contributed by atoms with Crippen LogP contribution in [0.4, 0.5) is 5.69 Å². The SMILES string of the molecule is CNC(=O)C(C)N(Cc1ccc(OC)cc1)C(=O)CN(c1ccc(Cl)cc1)S(=O)(=O)c1ccccc1. The van der Waals surface area contributed by atoms with E-state index in [2.05, 4.69) is 5.32 Å². The van der Waals surface area contributed by atoms with Crippen molar-refractivity contribution in [1.82, 2.24) is 10.2 Å². The number of amides is 2. The fourth-order valence-corrected chi connectivity index (χ4v) is 5.14. The number of carbonyl (C=O) groups is 2. The van der Waals surface area contributed by atoms with Crippen molar-refractivity contribution in [2.75, 3.05) is 25.0 Å². The monoisotopic (exact) mass is 529 g/mol. The molecule has 10 heteroatoms. The fraction of sp³-hybridized carbons (Fsp3) is 0.231. The Morgan fingerprint density at radius 3 is 2.14 bits per heavy atom. The number of ether oxygens (including phenoxy) is 1. The van der Waals surface area contributed by atoms with Gasteiger partial charge in [0.25, 0.3) is 10.0 Å². The topological polar surface area (TPSA) is 96.0 Å². The van der Waals surface area contributed by atoms with Crippen molar-refractivity contribution < 1.29 is 22.7 Å². The molecule has 1 atom stereocenters. The molecule has 3 rings (SSSR count). The molecule has 36 heavy (non-hydrogen) atoms. The van der Waals surface area contributed by atoms with E-state index in [1.165, 1.54) is 36.2 Å². The number of hydrogen-bond acceptors (Lipinski definition) is 5. The van der Waals surface area contributed by atoms with E-state index in [0.29, 0.717) is 10.8 Å². The van der Waals surface area contributed by atoms with Gasteiger partial charge >= 0.3 is 0 Å². The second kappa shape index (κ2) is 11.9. The summed E-state index contributed by atoms with van der Waals surface area (Å²) in [5, 5.41) is 2.98. The van der Waals surface area contributed by atoms with Gasteiger partial charge in [0.05, 0.1) is 17.7 Å². The second-order valence-electron chi connectivity index (χ2n) is 7.96. The van der Waals surface area contributed by atoms with Crippen molar-refractivity contribution in [3.63, 3.8) is 0 Å². The predicted octanol–water partition coefficient (Wildman–Crippen LogP) is 3.71. The number of methoxy groups -OCH3 is 1. The molecule has 1 N–H and O–H groups in total. The number of anilines is 1. The quantitative estimate of drug-likeness (QED) is 0.432. The molecular weight excluding hydrogens is 502 g/mol. The Morgan fingerprint density at radius 2 is 1.58 bits per heavy atom. The van der Waals surface area contributed by atoms with Crippen LogP contribution < -0.4 is 14.4 Å². The van der Waals surface area contributed by atoms with E-state index < -0.39 is 28.5 Å². The molecule has 0 aliphatic carbocycles. The van der Waals surface area contributed by atoms with Crippen LogP contribution in [0.2, 0.25) is 5.02 Å². The number of halogens is 1. The lowest BCUT2D eigenvalue weighted by atomic mass is 10.1. The summed E-state index contributed by atoms with van der Waals surface area (Å²) in [5.41, 5.74) is 1.03. The summed E-state index contributed by atoms with van der Waals surface area (Å²) in [5.74, 6) is -0.268. The third-order valence-electron chi connectivity index (χ3n) is 5.65. The first-order valence-corrected chi connectivity index (χ1v) is 13.0. The normalized spacial score (nSPS) is 11.9. The van der Waals surface area contributed by atoms with Gasteiger partial charge in [-0.15, -0.1) is 0 Å². The Balaban J connectivity index is 1.99. The molecule has 0 heterocycles. The number of nitrogens with one attached hydrogen (secondary N) is 1. The molecule has 3 aromatic carbocycles. The maximum Gasteiger partial charge on any atom is 0.264 e. The van der Waals surface area contributed by atoms with Gasteiger partial charge < -0.3 is 15.0 Å². The molecule has 0 aliphatic heterocycles. The van der Waals surface area contributed by atoms with Gasteiger partial charge in [-0.1, -0.05) is 41.9 Å². The van der Waals surface area contributed by atoms with Crippen LogP contribution in [0.15, 0.2) is 83.8 Å². The smallest absolute Gasteiger partial charge is 0.264 e. The lowest BCUT2D eigenvalue weighted by Gasteiger charge is -2.31. The molecule has 2 amide bonds. The number of likely N-dealkylation sites (N-methyl/N-ethyl adjacent to an activating group) is 1. The summed E-state index contributed by atoms with van der Waals surface area (Å²) < 4.78 is 33.4. The Labute approximate surface area is 216 Å². The van der Waals surface area contributed by atoms with Gasteiger partial charge in [-0.2, -0.15) is 0 Å². The van der Waals surface area contributed by atoms with Crippen molar-refractivity contribution >= 4 is 39.1 Å². The van der Waals surface area contributed by atoms with Crippen LogP contribution in [-0.2, 0) is 26.2 Å². The summed E-state index contributed by atoms with van der Waals surface area (Å²) >= 11 is 6.01. The zero-order valence-corrected chi connectivity index (χ0v) is 21.8. The van der Waals surface area contributed by atoms with Gasteiger partial charge in [0.15, 0.2) is 0 Å². The number of carbonyl (C=O) groups excluding carboxylic acids is 2. The van der Waals surface area contributed by atoms with E-state index in [4.69, 9.17) is 16.3 Å². The van der Waals surface area contributed by atoms with Crippen molar-refractivity contribution in [2.45, 2.75) is 24.4 Å². The maximum absolute atomic E-state index is 13.7. The molecule has 0 fully saturated rings. The zero-order valence-electron chi connectivity index (χ0n) is 20.2. The standard InChI is InChI=1S/C26H28ClN3O5S/c1-19(26(32)28-2)29(17-20-9-15-23(35-3)16-10-20)25(31)18-30(22-13-11-21(27)12-14-22)36(33,34)24-7-5-4-6-8-24/h4-16,19H,17-18H2,1-3H3,(H,28,32). The molecule has 3 aromatic rings. The van der Waals surface area contributed by atoms with E-state index >= 15 is 0 Å². The van der Waals surface area contributed by atoms with Gasteiger partial charge in [0.2, 0.25) is 11.8 Å². The largest absolute Gasteiger partial charge is 0.497 e. The number of nitrogens with zero attached hydrogens (tertiary/aromatic N) is 2. The minimum atomic E-state index is -4.10. The molecule has 0 aromatic heterocycles. The first-order chi connectivity index (χ1) is 17.2. The van der Waals surface area contributed by atoms with Crippen LogP contribution >= 0.6 is 11.6 Å². The minimum Gasteiger partial charge on any atom is -0.497 e. The molecular formula is C26H28ClN3O5S. The Kier molecular flexibility index (Phi) is 8.95. The number of benzene rings is 3. The first kappa shape index (κ1) is 27.0. The first-order valence-electron chi connectivity index (χ1n) is 11.1. The molecule has 0 saturated heterocycles. The highest BCUT2D eigenvalue weighted by Crippen LogP contribution is 2.26. The van der Waals surface area contributed by atoms with Crippen LogP contribution in [0, 0.1) is 0 Å². The lowest BCUT2D eigenvalue weighted by molar-refractivity contribution is -0.139. The lowest BCUT2D eigenvalue weighted by Crippen LogP contribution is -2.50.